The number of halogens is 3. The summed E-state index contributed by atoms with van der Waals surface area (Å²) in [6.07, 6.45) is -0.884. The number of carbonyl (C=O) groups is 1. The van der Waals surface area contributed by atoms with E-state index in [9.17, 15) is 22.8 Å². The van der Waals surface area contributed by atoms with E-state index < -0.39 is 23.5 Å². The first-order chi connectivity index (χ1) is 12.8. The number of nitrogens with zero attached hydrogens (tertiary/aromatic N) is 3. The van der Waals surface area contributed by atoms with Gasteiger partial charge in [0.05, 0.1) is 11.0 Å². The number of aromatic nitrogens is 2. The van der Waals surface area contributed by atoms with Crippen LogP contribution >= 0.6 is 0 Å². The predicted molar refractivity (Wildman–Crippen MR) is 95.4 cm³/mol. The van der Waals surface area contributed by atoms with Crippen molar-refractivity contribution in [1.82, 2.24) is 14.5 Å². The van der Waals surface area contributed by atoms with Crippen molar-refractivity contribution in [1.29, 1.82) is 0 Å². The van der Waals surface area contributed by atoms with Crippen LogP contribution in [0, 0.1) is 0 Å². The minimum Gasteiger partial charge on any atom is -0.341 e. The molecular formula is C19H22F3N3O2. The normalized spacial score (nSPS) is 17.0. The standard InChI is InChI=1S/C19H22F3N3O2/c1-2-14(17(26)24-11-7-3-4-8-12-24)25-15-10-6-5-9-13(15)23-16(18(25)27)19(20,21)22/h5-6,9-10,14H,2-4,7-8,11-12H2,1H3/t14-/m0/s1. The molecule has 0 aliphatic carbocycles. The third kappa shape index (κ3) is 3.84. The zero-order valence-electron chi connectivity index (χ0n) is 15.1. The molecule has 0 unspecified atom stereocenters. The monoisotopic (exact) mass is 381 g/mol. The van der Waals surface area contributed by atoms with Gasteiger partial charge in [-0.2, -0.15) is 13.2 Å². The minimum atomic E-state index is -4.88. The number of fused-ring (bicyclic) bond motifs is 1. The molecule has 1 amide bonds. The van der Waals surface area contributed by atoms with Crippen LogP contribution in [0.3, 0.4) is 0 Å². The van der Waals surface area contributed by atoms with Crippen molar-refractivity contribution in [2.45, 2.75) is 51.2 Å². The Hall–Kier alpha value is -2.38. The highest BCUT2D eigenvalue weighted by atomic mass is 19.4. The lowest BCUT2D eigenvalue weighted by Crippen LogP contribution is -2.42. The molecule has 3 rings (SSSR count). The highest BCUT2D eigenvalue weighted by Gasteiger charge is 2.39. The molecule has 1 fully saturated rings. The molecule has 0 spiro atoms. The molecule has 1 aliphatic rings. The van der Waals surface area contributed by atoms with Crippen LogP contribution in [0.5, 0.6) is 0 Å². The number of amides is 1. The van der Waals surface area contributed by atoms with E-state index in [0.717, 1.165) is 30.3 Å². The Morgan fingerprint density at radius 1 is 1.15 bits per heavy atom. The van der Waals surface area contributed by atoms with Crippen molar-refractivity contribution in [3.63, 3.8) is 0 Å². The fraction of sp³-hybridized carbons (Fsp3) is 0.526. The van der Waals surface area contributed by atoms with Crippen LogP contribution in [-0.4, -0.2) is 33.4 Å². The molecule has 0 radical (unpaired) electrons. The van der Waals surface area contributed by atoms with Crippen molar-refractivity contribution in [3.05, 3.63) is 40.3 Å². The second-order valence-corrected chi connectivity index (χ2v) is 6.79. The molecule has 8 heteroatoms. The fourth-order valence-corrected chi connectivity index (χ4v) is 3.62. The van der Waals surface area contributed by atoms with Crippen molar-refractivity contribution in [2.24, 2.45) is 0 Å². The van der Waals surface area contributed by atoms with Crippen LogP contribution in [-0.2, 0) is 11.0 Å². The van der Waals surface area contributed by atoms with Gasteiger partial charge in [0, 0.05) is 13.1 Å². The molecule has 2 aromatic rings. The molecule has 0 bridgehead atoms. The summed E-state index contributed by atoms with van der Waals surface area (Å²) in [5, 5.41) is 0. The molecule has 0 saturated carbocycles. The van der Waals surface area contributed by atoms with E-state index in [0.29, 0.717) is 13.1 Å². The first-order valence-electron chi connectivity index (χ1n) is 9.22. The summed E-state index contributed by atoms with van der Waals surface area (Å²) >= 11 is 0. The van der Waals surface area contributed by atoms with Gasteiger partial charge >= 0.3 is 6.18 Å². The van der Waals surface area contributed by atoms with Crippen molar-refractivity contribution < 1.29 is 18.0 Å². The Morgan fingerprint density at radius 3 is 2.37 bits per heavy atom. The van der Waals surface area contributed by atoms with Gasteiger partial charge in [0.1, 0.15) is 6.04 Å². The van der Waals surface area contributed by atoms with E-state index in [1.165, 1.54) is 12.1 Å². The van der Waals surface area contributed by atoms with Gasteiger partial charge in [-0.25, -0.2) is 4.98 Å². The zero-order valence-corrected chi connectivity index (χ0v) is 15.1. The molecule has 146 valence electrons. The Labute approximate surface area is 154 Å². The van der Waals surface area contributed by atoms with Crippen molar-refractivity contribution in [2.75, 3.05) is 13.1 Å². The van der Waals surface area contributed by atoms with Gasteiger partial charge < -0.3 is 4.90 Å². The number of likely N-dealkylation sites (tertiary alicyclic amines) is 1. The second kappa shape index (κ2) is 7.70. The number of rotatable bonds is 3. The highest BCUT2D eigenvalue weighted by molar-refractivity contribution is 5.83. The van der Waals surface area contributed by atoms with Gasteiger partial charge in [-0.3, -0.25) is 14.2 Å². The second-order valence-electron chi connectivity index (χ2n) is 6.79. The Bertz CT molecular complexity index is 884. The molecule has 2 heterocycles. The van der Waals surface area contributed by atoms with E-state index in [2.05, 4.69) is 4.98 Å². The van der Waals surface area contributed by atoms with Crippen molar-refractivity contribution >= 4 is 16.9 Å². The van der Waals surface area contributed by atoms with Crippen LogP contribution < -0.4 is 5.56 Å². The average molecular weight is 381 g/mol. The number of benzene rings is 1. The van der Waals surface area contributed by atoms with E-state index in [-0.39, 0.29) is 23.4 Å². The molecule has 27 heavy (non-hydrogen) atoms. The van der Waals surface area contributed by atoms with Gasteiger partial charge in [0.15, 0.2) is 0 Å². The lowest BCUT2D eigenvalue weighted by molar-refractivity contribution is -0.143. The molecule has 5 nitrogen and oxygen atoms in total. The third-order valence-corrected chi connectivity index (χ3v) is 4.96. The third-order valence-electron chi connectivity index (χ3n) is 4.96. The Kier molecular flexibility index (Phi) is 5.53. The van der Waals surface area contributed by atoms with Crippen LogP contribution in [0.15, 0.2) is 29.1 Å². The summed E-state index contributed by atoms with van der Waals surface area (Å²) < 4.78 is 41.1. The summed E-state index contributed by atoms with van der Waals surface area (Å²) in [7, 11) is 0. The first-order valence-corrected chi connectivity index (χ1v) is 9.22. The summed E-state index contributed by atoms with van der Waals surface area (Å²) in [6.45, 7) is 2.84. The Morgan fingerprint density at radius 2 is 1.78 bits per heavy atom. The Balaban J connectivity index is 2.16. The van der Waals surface area contributed by atoms with E-state index in [1.807, 2.05) is 0 Å². The molecule has 0 N–H and O–H groups in total. The molecule has 1 saturated heterocycles. The molecule has 1 aromatic heterocycles. The lowest BCUT2D eigenvalue weighted by Gasteiger charge is -2.28. The van der Waals surface area contributed by atoms with Crippen LogP contribution in [0.1, 0.15) is 50.8 Å². The number of hydrogen-bond donors (Lipinski definition) is 0. The molecule has 1 atom stereocenters. The lowest BCUT2D eigenvalue weighted by atomic mass is 10.1. The average Bonchev–Trinajstić information content (AvgIpc) is 2.92. The number of alkyl halides is 3. The van der Waals surface area contributed by atoms with Gasteiger partial charge in [-0.1, -0.05) is 31.9 Å². The summed E-state index contributed by atoms with van der Waals surface area (Å²) in [4.78, 5) is 31.0. The van der Waals surface area contributed by atoms with Gasteiger partial charge in [0.2, 0.25) is 11.6 Å². The van der Waals surface area contributed by atoms with Gasteiger partial charge in [0.25, 0.3) is 5.56 Å². The maximum absolute atomic E-state index is 13.4. The maximum atomic E-state index is 13.4. The van der Waals surface area contributed by atoms with E-state index in [1.54, 1.807) is 24.0 Å². The quantitative estimate of drug-likeness (QED) is 0.813. The van der Waals surface area contributed by atoms with E-state index in [4.69, 9.17) is 0 Å². The number of para-hydroxylation sites is 2. The highest BCUT2D eigenvalue weighted by Crippen LogP contribution is 2.28. The maximum Gasteiger partial charge on any atom is 0.438 e. The largest absolute Gasteiger partial charge is 0.438 e. The summed E-state index contributed by atoms with van der Waals surface area (Å²) in [6, 6.07) is 5.15. The van der Waals surface area contributed by atoms with Crippen LogP contribution in [0.25, 0.3) is 11.0 Å². The van der Waals surface area contributed by atoms with Crippen molar-refractivity contribution in [3.8, 4) is 0 Å². The topological polar surface area (TPSA) is 55.2 Å². The fourth-order valence-electron chi connectivity index (χ4n) is 3.62. The summed E-state index contributed by atoms with van der Waals surface area (Å²) in [5.74, 6) is -0.300. The predicted octanol–water partition coefficient (Wildman–Crippen LogP) is 3.77. The van der Waals surface area contributed by atoms with E-state index >= 15 is 0 Å². The zero-order chi connectivity index (χ0) is 19.6. The van der Waals surface area contributed by atoms with Gasteiger partial charge in [-0.05, 0) is 31.4 Å². The number of carbonyl (C=O) groups excluding carboxylic acids is 1. The van der Waals surface area contributed by atoms with Gasteiger partial charge in [-0.15, -0.1) is 0 Å². The number of hydrogen-bond acceptors (Lipinski definition) is 3. The summed E-state index contributed by atoms with van der Waals surface area (Å²) in [5.41, 5.74) is -2.46. The molecule has 1 aliphatic heterocycles. The molecular weight excluding hydrogens is 359 g/mol. The van der Waals surface area contributed by atoms with Crippen LogP contribution in [0.2, 0.25) is 0 Å². The molecule has 1 aromatic carbocycles. The SMILES string of the molecule is CC[C@@H](C(=O)N1CCCCCC1)n1c(=O)c(C(F)(F)F)nc2ccccc21. The minimum absolute atomic E-state index is 0.0477. The van der Waals surface area contributed by atoms with Crippen LogP contribution in [0.4, 0.5) is 13.2 Å². The smallest absolute Gasteiger partial charge is 0.341 e. The first kappa shape index (κ1) is 19.4.